The Hall–Kier alpha value is -1.39. The van der Waals surface area contributed by atoms with E-state index < -0.39 is 0 Å². The van der Waals surface area contributed by atoms with E-state index in [4.69, 9.17) is 11.6 Å². The molecule has 2 aromatic rings. The molecule has 3 nitrogen and oxygen atoms in total. The Morgan fingerprint density at radius 1 is 1.27 bits per heavy atom. The van der Waals surface area contributed by atoms with Crippen molar-refractivity contribution in [2.75, 3.05) is 6.54 Å². The maximum atomic E-state index is 11.9. The summed E-state index contributed by atoms with van der Waals surface area (Å²) in [5, 5.41) is 4.69. The average Bonchev–Trinajstić information content (AvgIpc) is 2.80. The second-order valence-electron chi connectivity index (χ2n) is 6.29. The molecule has 1 aromatic carbocycles. The molecule has 1 N–H and O–H groups in total. The summed E-state index contributed by atoms with van der Waals surface area (Å²) in [5.74, 6) is 0.0765. The van der Waals surface area contributed by atoms with Gasteiger partial charge in [-0.25, -0.2) is 4.98 Å². The summed E-state index contributed by atoms with van der Waals surface area (Å²) < 4.78 is 0. The molecular formula is C17H21ClN2OS. The van der Waals surface area contributed by atoms with Gasteiger partial charge in [0.15, 0.2) is 0 Å². The van der Waals surface area contributed by atoms with Gasteiger partial charge in [-0.1, -0.05) is 44.5 Å². The van der Waals surface area contributed by atoms with Gasteiger partial charge in [0.2, 0.25) is 5.91 Å². The number of halogens is 1. The van der Waals surface area contributed by atoms with E-state index >= 15 is 0 Å². The summed E-state index contributed by atoms with van der Waals surface area (Å²) in [7, 11) is 0. The molecule has 0 aliphatic rings. The van der Waals surface area contributed by atoms with Crippen LogP contribution in [0.4, 0.5) is 0 Å². The highest BCUT2D eigenvalue weighted by Gasteiger charge is 2.20. The van der Waals surface area contributed by atoms with Crippen molar-refractivity contribution in [3.8, 4) is 10.6 Å². The molecule has 118 valence electrons. The third kappa shape index (κ3) is 4.31. The molecule has 0 saturated carbocycles. The number of aryl methyl sites for hydroxylation is 1. The molecule has 0 fully saturated rings. The van der Waals surface area contributed by atoms with Gasteiger partial charge in [0.1, 0.15) is 5.01 Å². The van der Waals surface area contributed by atoms with Crippen molar-refractivity contribution < 1.29 is 4.79 Å². The van der Waals surface area contributed by atoms with E-state index in [-0.39, 0.29) is 11.3 Å². The van der Waals surface area contributed by atoms with Crippen molar-refractivity contribution in [2.24, 2.45) is 5.41 Å². The SMILES string of the molecule is Cc1nc(-c2ccc(Cl)cc2)sc1CCNC(=O)C(C)(C)C. The minimum absolute atomic E-state index is 0.0765. The lowest BCUT2D eigenvalue weighted by molar-refractivity contribution is -0.128. The maximum absolute atomic E-state index is 11.9. The maximum Gasteiger partial charge on any atom is 0.225 e. The molecule has 0 spiro atoms. The summed E-state index contributed by atoms with van der Waals surface area (Å²) in [6.07, 6.45) is 0.804. The van der Waals surface area contributed by atoms with Gasteiger partial charge in [0.25, 0.3) is 0 Å². The number of aromatic nitrogens is 1. The average molecular weight is 337 g/mol. The Morgan fingerprint density at radius 2 is 1.91 bits per heavy atom. The molecule has 22 heavy (non-hydrogen) atoms. The number of rotatable bonds is 4. The molecule has 2 rings (SSSR count). The van der Waals surface area contributed by atoms with Gasteiger partial charge in [-0.05, 0) is 19.1 Å². The molecule has 1 aromatic heterocycles. The highest BCUT2D eigenvalue weighted by atomic mass is 35.5. The molecular weight excluding hydrogens is 316 g/mol. The Morgan fingerprint density at radius 3 is 2.50 bits per heavy atom. The Balaban J connectivity index is 2.01. The van der Waals surface area contributed by atoms with Gasteiger partial charge < -0.3 is 5.32 Å². The zero-order valence-corrected chi connectivity index (χ0v) is 14.9. The largest absolute Gasteiger partial charge is 0.355 e. The number of hydrogen-bond donors (Lipinski definition) is 1. The van der Waals surface area contributed by atoms with Crippen LogP contribution in [0.15, 0.2) is 24.3 Å². The van der Waals surface area contributed by atoms with Gasteiger partial charge in [-0.2, -0.15) is 0 Å². The minimum Gasteiger partial charge on any atom is -0.355 e. The Labute approximate surface area is 140 Å². The quantitative estimate of drug-likeness (QED) is 0.894. The van der Waals surface area contributed by atoms with Crippen LogP contribution < -0.4 is 5.32 Å². The van der Waals surface area contributed by atoms with E-state index in [2.05, 4.69) is 10.3 Å². The Kier molecular flexibility index (Phi) is 5.24. The first-order valence-electron chi connectivity index (χ1n) is 7.28. The van der Waals surface area contributed by atoms with Crippen LogP contribution in [0.3, 0.4) is 0 Å². The summed E-state index contributed by atoms with van der Waals surface area (Å²) in [6.45, 7) is 8.40. The zero-order chi connectivity index (χ0) is 16.3. The smallest absolute Gasteiger partial charge is 0.225 e. The molecule has 0 aliphatic carbocycles. The summed E-state index contributed by atoms with van der Waals surface area (Å²) in [4.78, 5) is 17.7. The molecule has 0 bridgehead atoms. The van der Waals surface area contributed by atoms with Crippen molar-refractivity contribution in [3.05, 3.63) is 39.9 Å². The van der Waals surface area contributed by atoms with Gasteiger partial charge in [-0.3, -0.25) is 4.79 Å². The fraction of sp³-hybridized carbons (Fsp3) is 0.412. The van der Waals surface area contributed by atoms with Crippen LogP contribution in [-0.4, -0.2) is 17.4 Å². The number of nitrogens with one attached hydrogen (secondary N) is 1. The van der Waals surface area contributed by atoms with E-state index in [0.717, 1.165) is 27.7 Å². The van der Waals surface area contributed by atoms with Crippen molar-refractivity contribution >= 4 is 28.8 Å². The number of carbonyl (C=O) groups is 1. The lowest BCUT2D eigenvalue weighted by Gasteiger charge is -2.17. The number of nitrogens with zero attached hydrogens (tertiary/aromatic N) is 1. The third-order valence-electron chi connectivity index (χ3n) is 3.30. The third-order valence-corrected chi connectivity index (χ3v) is 4.82. The molecule has 5 heteroatoms. The number of carbonyl (C=O) groups excluding carboxylic acids is 1. The fourth-order valence-electron chi connectivity index (χ4n) is 1.93. The lowest BCUT2D eigenvalue weighted by atomic mass is 9.96. The fourth-order valence-corrected chi connectivity index (χ4v) is 3.12. The van der Waals surface area contributed by atoms with Gasteiger partial charge in [0.05, 0.1) is 5.69 Å². The number of hydrogen-bond acceptors (Lipinski definition) is 3. The second kappa shape index (κ2) is 6.80. The van der Waals surface area contributed by atoms with Crippen LogP contribution in [0.2, 0.25) is 5.02 Å². The summed E-state index contributed by atoms with van der Waals surface area (Å²) >= 11 is 7.59. The Bertz CT molecular complexity index is 656. The predicted octanol–water partition coefficient (Wildman–Crippen LogP) is 4.48. The second-order valence-corrected chi connectivity index (χ2v) is 7.81. The molecule has 0 atom stereocenters. The zero-order valence-electron chi connectivity index (χ0n) is 13.4. The predicted molar refractivity (Wildman–Crippen MR) is 93.5 cm³/mol. The van der Waals surface area contributed by atoms with Crippen LogP contribution in [-0.2, 0) is 11.2 Å². The number of amides is 1. The molecule has 1 heterocycles. The van der Waals surface area contributed by atoms with Gasteiger partial charge in [0, 0.05) is 33.8 Å². The van der Waals surface area contributed by atoms with Crippen LogP contribution in [0.25, 0.3) is 10.6 Å². The van der Waals surface area contributed by atoms with Gasteiger partial charge >= 0.3 is 0 Å². The molecule has 1 amide bonds. The van der Waals surface area contributed by atoms with E-state index in [1.165, 1.54) is 4.88 Å². The first-order valence-corrected chi connectivity index (χ1v) is 8.47. The number of benzene rings is 1. The van der Waals surface area contributed by atoms with Crippen molar-refractivity contribution in [2.45, 2.75) is 34.1 Å². The first kappa shape index (κ1) is 17.0. The van der Waals surface area contributed by atoms with Crippen molar-refractivity contribution in [3.63, 3.8) is 0 Å². The first-order chi connectivity index (χ1) is 10.3. The van der Waals surface area contributed by atoms with Crippen molar-refractivity contribution in [1.82, 2.24) is 10.3 Å². The summed E-state index contributed by atoms with van der Waals surface area (Å²) in [6, 6.07) is 7.70. The van der Waals surface area contributed by atoms with Crippen LogP contribution >= 0.6 is 22.9 Å². The van der Waals surface area contributed by atoms with E-state index in [1.807, 2.05) is 52.0 Å². The van der Waals surface area contributed by atoms with Crippen LogP contribution in [0.1, 0.15) is 31.3 Å². The molecule has 0 radical (unpaired) electrons. The topological polar surface area (TPSA) is 42.0 Å². The van der Waals surface area contributed by atoms with Gasteiger partial charge in [-0.15, -0.1) is 11.3 Å². The summed E-state index contributed by atoms with van der Waals surface area (Å²) in [5.41, 5.74) is 1.75. The van der Waals surface area contributed by atoms with Crippen LogP contribution in [0.5, 0.6) is 0 Å². The highest BCUT2D eigenvalue weighted by Crippen LogP contribution is 2.29. The lowest BCUT2D eigenvalue weighted by Crippen LogP contribution is -2.35. The molecule has 0 aliphatic heterocycles. The minimum atomic E-state index is -0.350. The number of thiazole rings is 1. The molecule has 0 saturated heterocycles. The van der Waals surface area contributed by atoms with E-state index in [0.29, 0.717) is 6.54 Å². The highest BCUT2D eigenvalue weighted by molar-refractivity contribution is 7.15. The van der Waals surface area contributed by atoms with Crippen LogP contribution in [0, 0.1) is 12.3 Å². The monoisotopic (exact) mass is 336 g/mol. The van der Waals surface area contributed by atoms with E-state index in [1.54, 1.807) is 11.3 Å². The molecule has 0 unspecified atom stereocenters. The van der Waals surface area contributed by atoms with E-state index in [9.17, 15) is 4.79 Å². The normalized spacial score (nSPS) is 11.5. The standard InChI is InChI=1S/C17H21ClN2OS/c1-11-14(9-10-19-16(21)17(2,3)4)22-15(20-11)12-5-7-13(18)8-6-12/h5-8H,9-10H2,1-4H3,(H,19,21). The van der Waals surface area contributed by atoms with Crippen molar-refractivity contribution in [1.29, 1.82) is 0 Å².